The first-order chi connectivity index (χ1) is 13.3. The minimum absolute atomic E-state index is 0.0245. The molecule has 1 unspecified atom stereocenters. The zero-order valence-electron chi connectivity index (χ0n) is 17.9. The summed E-state index contributed by atoms with van der Waals surface area (Å²) in [5.41, 5.74) is 1.08. The Morgan fingerprint density at radius 1 is 1.04 bits per heavy atom. The second kappa shape index (κ2) is 10.5. The fraction of sp³-hybridized carbons (Fsp3) is 0.636. The maximum absolute atomic E-state index is 12.6. The quantitative estimate of drug-likeness (QED) is 0.743. The van der Waals surface area contributed by atoms with E-state index in [2.05, 4.69) is 37.9 Å². The number of amides is 2. The molecule has 1 heterocycles. The van der Waals surface area contributed by atoms with Gasteiger partial charge in [-0.05, 0) is 29.5 Å². The summed E-state index contributed by atoms with van der Waals surface area (Å²) in [6.45, 7) is 11.6. The average molecular weight is 390 g/mol. The second-order valence-corrected chi connectivity index (χ2v) is 8.32. The molecule has 156 valence electrons. The predicted octanol–water partition coefficient (Wildman–Crippen LogP) is 2.70. The van der Waals surface area contributed by atoms with Crippen LogP contribution in [0.5, 0.6) is 5.75 Å². The molecule has 1 fully saturated rings. The van der Waals surface area contributed by atoms with Crippen molar-refractivity contribution in [3.05, 3.63) is 29.8 Å². The Hall–Kier alpha value is -2.08. The summed E-state index contributed by atoms with van der Waals surface area (Å²) >= 11 is 0. The lowest BCUT2D eigenvalue weighted by Gasteiger charge is -2.35. The molecule has 1 aromatic rings. The first-order valence-electron chi connectivity index (χ1n) is 10.2. The van der Waals surface area contributed by atoms with Gasteiger partial charge in [0.25, 0.3) is 0 Å². The Labute approximate surface area is 169 Å². The second-order valence-electron chi connectivity index (χ2n) is 8.32. The number of methoxy groups -OCH3 is 1. The Morgan fingerprint density at radius 2 is 1.64 bits per heavy atom. The van der Waals surface area contributed by atoms with E-state index in [1.165, 1.54) is 0 Å². The van der Waals surface area contributed by atoms with Gasteiger partial charge in [-0.25, -0.2) is 0 Å². The van der Waals surface area contributed by atoms with Crippen molar-refractivity contribution in [1.82, 2.24) is 15.1 Å². The Kier molecular flexibility index (Phi) is 8.30. The zero-order valence-corrected chi connectivity index (χ0v) is 17.9. The third-order valence-corrected chi connectivity index (χ3v) is 5.13. The first-order valence-corrected chi connectivity index (χ1v) is 10.2. The molecule has 1 aliphatic rings. The number of hydrogen-bond acceptors (Lipinski definition) is 4. The minimum atomic E-state index is -0.0349. The summed E-state index contributed by atoms with van der Waals surface area (Å²) in [5.74, 6) is 1.71. The Bertz CT molecular complexity index is 635. The van der Waals surface area contributed by atoms with Gasteiger partial charge in [-0.2, -0.15) is 0 Å². The molecule has 1 atom stereocenters. The lowest BCUT2D eigenvalue weighted by molar-refractivity contribution is -0.134. The van der Waals surface area contributed by atoms with Crippen LogP contribution in [0, 0.1) is 11.8 Å². The molecule has 0 spiro atoms. The van der Waals surface area contributed by atoms with E-state index in [4.69, 9.17) is 4.74 Å². The van der Waals surface area contributed by atoms with Crippen LogP contribution in [0.2, 0.25) is 0 Å². The number of carbonyl (C=O) groups is 2. The molecule has 1 saturated heterocycles. The molecule has 1 N–H and O–H groups in total. The van der Waals surface area contributed by atoms with Crippen LogP contribution in [0.15, 0.2) is 24.3 Å². The fourth-order valence-electron chi connectivity index (χ4n) is 3.50. The number of nitrogens with zero attached hydrogens (tertiary/aromatic N) is 2. The van der Waals surface area contributed by atoms with Crippen LogP contribution in [0.1, 0.15) is 45.7 Å². The van der Waals surface area contributed by atoms with E-state index in [1.54, 1.807) is 7.11 Å². The van der Waals surface area contributed by atoms with Crippen molar-refractivity contribution < 1.29 is 14.3 Å². The largest absolute Gasteiger partial charge is 0.497 e. The van der Waals surface area contributed by atoms with Crippen LogP contribution in [0.25, 0.3) is 0 Å². The van der Waals surface area contributed by atoms with Crippen LogP contribution in [0.4, 0.5) is 0 Å². The van der Waals surface area contributed by atoms with E-state index in [0.717, 1.165) is 24.4 Å². The number of hydrogen-bond donors (Lipinski definition) is 1. The highest BCUT2D eigenvalue weighted by Crippen LogP contribution is 2.24. The lowest BCUT2D eigenvalue weighted by atomic mass is 9.96. The van der Waals surface area contributed by atoms with Gasteiger partial charge in [0.2, 0.25) is 11.8 Å². The third kappa shape index (κ3) is 6.51. The zero-order chi connectivity index (χ0) is 20.7. The van der Waals surface area contributed by atoms with Gasteiger partial charge < -0.3 is 15.0 Å². The van der Waals surface area contributed by atoms with Gasteiger partial charge in [-0.1, -0.05) is 39.8 Å². The van der Waals surface area contributed by atoms with Crippen molar-refractivity contribution in [1.29, 1.82) is 0 Å². The van der Waals surface area contributed by atoms with Crippen molar-refractivity contribution in [2.75, 3.05) is 39.8 Å². The maximum atomic E-state index is 12.6. The standard InChI is InChI=1S/C22H35N3O3/c1-16(2)14-21(27)25-12-10-24(11-13-25)15-20(26)23-22(17(3)4)18-6-8-19(28-5)9-7-18/h6-9,16-17,22H,10-15H2,1-5H3,(H,23,26). The number of benzene rings is 1. The molecule has 2 amide bonds. The normalized spacial score (nSPS) is 16.3. The van der Waals surface area contributed by atoms with Crippen molar-refractivity contribution in [3.63, 3.8) is 0 Å². The van der Waals surface area contributed by atoms with E-state index in [0.29, 0.717) is 32.0 Å². The predicted molar refractivity (Wildman–Crippen MR) is 111 cm³/mol. The molecule has 0 aliphatic carbocycles. The van der Waals surface area contributed by atoms with Crippen molar-refractivity contribution in [3.8, 4) is 5.75 Å². The summed E-state index contributed by atoms with van der Waals surface area (Å²) in [4.78, 5) is 28.8. The summed E-state index contributed by atoms with van der Waals surface area (Å²) in [5, 5.41) is 3.18. The molecule has 0 radical (unpaired) electrons. The smallest absolute Gasteiger partial charge is 0.234 e. The molecule has 6 heteroatoms. The highest BCUT2D eigenvalue weighted by Gasteiger charge is 2.24. The summed E-state index contributed by atoms with van der Waals surface area (Å²) < 4.78 is 5.22. The molecule has 2 rings (SSSR count). The molecular formula is C22H35N3O3. The van der Waals surface area contributed by atoms with Gasteiger partial charge in [0.05, 0.1) is 19.7 Å². The van der Waals surface area contributed by atoms with Gasteiger partial charge in [0.1, 0.15) is 5.75 Å². The monoisotopic (exact) mass is 389 g/mol. The van der Waals surface area contributed by atoms with E-state index in [1.807, 2.05) is 29.2 Å². The summed E-state index contributed by atoms with van der Waals surface area (Å²) in [6.07, 6.45) is 0.596. The van der Waals surface area contributed by atoms with E-state index in [9.17, 15) is 9.59 Å². The molecule has 28 heavy (non-hydrogen) atoms. The van der Waals surface area contributed by atoms with Crippen molar-refractivity contribution >= 4 is 11.8 Å². The third-order valence-electron chi connectivity index (χ3n) is 5.13. The number of nitrogens with one attached hydrogen (secondary N) is 1. The van der Waals surface area contributed by atoms with Crippen LogP contribution >= 0.6 is 0 Å². The minimum Gasteiger partial charge on any atom is -0.497 e. The van der Waals surface area contributed by atoms with Crippen LogP contribution in [-0.2, 0) is 9.59 Å². The van der Waals surface area contributed by atoms with Gasteiger partial charge in [-0.3, -0.25) is 14.5 Å². The average Bonchev–Trinajstić information content (AvgIpc) is 2.66. The topological polar surface area (TPSA) is 61.9 Å². The van der Waals surface area contributed by atoms with E-state index in [-0.39, 0.29) is 23.8 Å². The number of rotatable bonds is 8. The van der Waals surface area contributed by atoms with Gasteiger partial charge >= 0.3 is 0 Å². The highest BCUT2D eigenvalue weighted by molar-refractivity contribution is 5.79. The first kappa shape index (κ1) is 22.2. The van der Waals surface area contributed by atoms with E-state index >= 15 is 0 Å². The fourth-order valence-corrected chi connectivity index (χ4v) is 3.50. The van der Waals surface area contributed by atoms with Crippen LogP contribution in [0.3, 0.4) is 0 Å². The van der Waals surface area contributed by atoms with Crippen molar-refractivity contribution in [2.45, 2.75) is 40.2 Å². The van der Waals surface area contributed by atoms with Gasteiger partial charge in [0, 0.05) is 32.6 Å². The maximum Gasteiger partial charge on any atom is 0.234 e. The lowest BCUT2D eigenvalue weighted by Crippen LogP contribution is -2.51. The summed E-state index contributed by atoms with van der Waals surface area (Å²) in [6, 6.07) is 7.81. The molecule has 1 aliphatic heterocycles. The SMILES string of the molecule is COc1ccc(C(NC(=O)CN2CCN(C(=O)CC(C)C)CC2)C(C)C)cc1. The Morgan fingerprint density at radius 3 is 2.14 bits per heavy atom. The van der Waals surface area contributed by atoms with Crippen LogP contribution in [-0.4, -0.2) is 61.4 Å². The molecular weight excluding hydrogens is 354 g/mol. The molecule has 1 aromatic carbocycles. The van der Waals surface area contributed by atoms with Gasteiger partial charge in [0.15, 0.2) is 0 Å². The van der Waals surface area contributed by atoms with Crippen molar-refractivity contribution in [2.24, 2.45) is 11.8 Å². The highest BCUT2D eigenvalue weighted by atomic mass is 16.5. The van der Waals surface area contributed by atoms with Crippen LogP contribution < -0.4 is 10.1 Å². The number of carbonyl (C=O) groups excluding carboxylic acids is 2. The molecule has 0 aromatic heterocycles. The molecule has 6 nitrogen and oxygen atoms in total. The molecule has 0 bridgehead atoms. The molecule has 0 saturated carbocycles. The number of ether oxygens (including phenoxy) is 1. The Balaban J connectivity index is 1.85. The number of piperazine rings is 1. The van der Waals surface area contributed by atoms with E-state index < -0.39 is 0 Å². The summed E-state index contributed by atoms with van der Waals surface area (Å²) in [7, 11) is 1.65. The van der Waals surface area contributed by atoms with Gasteiger partial charge in [-0.15, -0.1) is 0 Å².